The van der Waals surface area contributed by atoms with Gasteiger partial charge in [0, 0.05) is 6.42 Å². The molecule has 2 heterocycles. The summed E-state index contributed by atoms with van der Waals surface area (Å²) in [6.07, 6.45) is 4.12. The van der Waals surface area contributed by atoms with Crippen molar-refractivity contribution >= 4 is 0 Å². The van der Waals surface area contributed by atoms with Crippen molar-refractivity contribution in [2.24, 2.45) is 5.73 Å². The summed E-state index contributed by atoms with van der Waals surface area (Å²) in [5, 5.41) is 0. The molecule has 0 spiro atoms. The molecule has 2 rings (SSSR count). The zero-order valence-electron chi connectivity index (χ0n) is 7.16. The molecule has 0 bridgehead atoms. The van der Waals surface area contributed by atoms with Crippen LogP contribution in [0.3, 0.4) is 0 Å². The Labute approximate surface area is 75.8 Å². The highest BCUT2D eigenvalue weighted by Crippen LogP contribution is 2.19. The fraction of sp³-hybridized carbons (Fsp3) is 0.222. The molecule has 0 fully saturated rings. The standard InChI is InChI=1S/C9H11N3O/c10-4-3-7-1-2-9(13-7)8-5-11-6-12-8/h1-2,5-6H,3-4,10H2,(H,11,12). The smallest absolute Gasteiger partial charge is 0.152 e. The Balaban J connectivity index is 2.23. The highest BCUT2D eigenvalue weighted by Gasteiger charge is 2.04. The van der Waals surface area contributed by atoms with Crippen LogP contribution in [0.4, 0.5) is 0 Å². The second kappa shape index (κ2) is 3.45. The Morgan fingerprint density at radius 1 is 1.46 bits per heavy atom. The third kappa shape index (κ3) is 1.62. The van der Waals surface area contributed by atoms with E-state index in [4.69, 9.17) is 10.2 Å². The molecule has 0 aliphatic carbocycles. The van der Waals surface area contributed by atoms with Crippen molar-refractivity contribution in [3.63, 3.8) is 0 Å². The molecule has 0 atom stereocenters. The number of nitrogens with zero attached hydrogens (tertiary/aromatic N) is 1. The molecule has 4 nitrogen and oxygen atoms in total. The number of nitrogens with two attached hydrogens (primary N) is 1. The van der Waals surface area contributed by atoms with Gasteiger partial charge in [0.1, 0.15) is 11.5 Å². The van der Waals surface area contributed by atoms with Crippen LogP contribution in [0.2, 0.25) is 0 Å². The Morgan fingerprint density at radius 3 is 3.08 bits per heavy atom. The minimum Gasteiger partial charge on any atom is -0.459 e. The summed E-state index contributed by atoms with van der Waals surface area (Å²) in [4.78, 5) is 6.89. The van der Waals surface area contributed by atoms with Crippen molar-refractivity contribution in [1.82, 2.24) is 9.97 Å². The summed E-state index contributed by atoms with van der Waals surface area (Å²) in [5.74, 6) is 1.72. The molecule has 0 saturated heterocycles. The zero-order chi connectivity index (χ0) is 9.10. The fourth-order valence-corrected chi connectivity index (χ4v) is 1.19. The average molecular weight is 177 g/mol. The average Bonchev–Trinajstić information content (AvgIpc) is 2.70. The maximum absolute atomic E-state index is 5.52. The van der Waals surface area contributed by atoms with Crippen molar-refractivity contribution < 1.29 is 4.42 Å². The number of hydrogen-bond donors (Lipinski definition) is 2. The van der Waals surface area contributed by atoms with E-state index in [1.165, 1.54) is 0 Å². The van der Waals surface area contributed by atoms with E-state index >= 15 is 0 Å². The SMILES string of the molecule is NCCc1ccc(-c2cnc[nH]2)o1. The van der Waals surface area contributed by atoms with Crippen molar-refractivity contribution in [2.75, 3.05) is 6.54 Å². The molecule has 0 unspecified atom stereocenters. The van der Waals surface area contributed by atoms with Crippen LogP contribution in [-0.2, 0) is 6.42 Å². The predicted octanol–water partition coefficient (Wildman–Crippen LogP) is 1.17. The number of nitrogens with one attached hydrogen (secondary N) is 1. The molecule has 3 N–H and O–H groups in total. The number of aromatic nitrogens is 2. The summed E-state index contributed by atoms with van der Waals surface area (Å²) in [5.41, 5.74) is 6.30. The van der Waals surface area contributed by atoms with E-state index in [2.05, 4.69) is 9.97 Å². The lowest BCUT2D eigenvalue weighted by Gasteiger charge is -1.91. The van der Waals surface area contributed by atoms with Gasteiger partial charge in [-0.05, 0) is 18.7 Å². The summed E-state index contributed by atoms with van der Waals surface area (Å²) in [6.45, 7) is 0.607. The van der Waals surface area contributed by atoms with Crippen molar-refractivity contribution in [3.8, 4) is 11.5 Å². The Bertz CT molecular complexity index is 364. The van der Waals surface area contributed by atoms with Gasteiger partial charge >= 0.3 is 0 Å². The predicted molar refractivity (Wildman–Crippen MR) is 49.0 cm³/mol. The number of imidazole rings is 1. The quantitative estimate of drug-likeness (QED) is 0.739. The molecule has 0 amide bonds. The molecule has 13 heavy (non-hydrogen) atoms. The maximum atomic E-state index is 5.52. The number of hydrogen-bond acceptors (Lipinski definition) is 3. The lowest BCUT2D eigenvalue weighted by molar-refractivity contribution is 0.522. The summed E-state index contributed by atoms with van der Waals surface area (Å²) in [6, 6.07) is 3.85. The van der Waals surface area contributed by atoms with Gasteiger partial charge in [0.25, 0.3) is 0 Å². The first-order chi connectivity index (χ1) is 6.40. The Hall–Kier alpha value is -1.55. The molecule has 68 valence electrons. The first-order valence-corrected chi connectivity index (χ1v) is 4.17. The van der Waals surface area contributed by atoms with E-state index in [0.717, 1.165) is 23.6 Å². The summed E-state index contributed by atoms with van der Waals surface area (Å²) in [7, 11) is 0. The lowest BCUT2D eigenvalue weighted by atomic mass is 10.3. The highest BCUT2D eigenvalue weighted by atomic mass is 16.3. The van der Waals surface area contributed by atoms with Gasteiger partial charge in [0.2, 0.25) is 0 Å². The van der Waals surface area contributed by atoms with Crippen molar-refractivity contribution in [2.45, 2.75) is 6.42 Å². The van der Waals surface area contributed by atoms with Gasteiger partial charge in [-0.25, -0.2) is 4.98 Å². The van der Waals surface area contributed by atoms with Crippen LogP contribution in [0.1, 0.15) is 5.76 Å². The van der Waals surface area contributed by atoms with E-state index in [-0.39, 0.29) is 0 Å². The van der Waals surface area contributed by atoms with E-state index < -0.39 is 0 Å². The van der Waals surface area contributed by atoms with Gasteiger partial charge in [-0.3, -0.25) is 0 Å². The molecule has 0 aliphatic heterocycles. The molecule has 2 aromatic rings. The van der Waals surface area contributed by atoms with Crippen molar-refractivity contribution in [1.29, 1.82) is 0 Å². The van der Waals surface area contributed by atoms with Crippen LogP contribution in [0.15, 0.2) is 29.1 Å². The van der Waals surface area contributed by atoms with Gasteiger partial charge in [-0.1, -0.05) is 0 Å². The molecule has 4 heteroatoms. The third-order valence-corrected chi connectivity index (χ3v) is 1.82. The van der Waals surface area contributed by atoms with Gasteiger partial charge in [0.05, 0.1) is 12.5 Å². The summed E-state index contributed by atoms with van der Waals surface area (Å²) < 4.78 is 5.52. The van der Waals surface area contributed by atoms with E-state index in [0.29, 0.717) is 6.54 Å². The zero-order valence-corrected chi connectivity index (χ0v) is 7.16. The highest BCUT2D eigenvalue weighted by molar-refractivity contribution is 5.50. The van der Waals surface area contributed by atoms with Gasteiger partial charge in [0.15, 0.2) is 5.76 Å². The van der Waals surface area contributed by atoms with Crippen LogP contribution in [0.25, 0.3) is 11.5 Å². The van der Waals surface area contributed by atoms with Gasteiger partial charge < -0.3 is 15.1 Å². The fourth-order valence-electron chi connectivity index (χ4n) is 1.19. The van der Waals surface area contributed by atoms with Gasteiger partial charge in [-0.15, -0.1) is 0 Å². The molecule has 0 aliphatic rings. The third-order valence-electron chi connectivity index (χ3n) is 1.82. The molecule has 0 radical (unpaired) electrons. The number of H-pyrrole nitrogens is 1. The van der Waals surface area contributed by atoms with Crippen molar-refractivity contribution in [3.05, 3.63) is 30.4 Å². The first kappa shape index (κ1) is 8.07. The lowest BCUT2D eigenvalue weighted by Crippen LogP contribution is -2.01. The molecule has 0 aromatic carbocycles. The Morgan fingerprint density at radius 2 is 2.38 bits per heavy atom. The maximum Gasteiger partial charge on any atom is 0.152 e. The normalized spacial score (nSPS) is 10.5. The van der Waals surface area contributed by atoms with Crippen LogP contribution < -0.4 is 5.73 Å². The van der Waals surface area contributed by atoms with Gasteiger partial charge in [-0.2, -0.15) is 0 Å². The van der Waals surface area contributed by atoms with E-state index in [9.17, 15) is 0 Å². The number of furan rings is 1. The molecule has 0 saturated carbocycles. The molecule has 2 aromatic heterocycles. The summed E-state index contributed by atoms with van der Waals surface area (Å²) >= 11 is 0. The topological polar surface area (TPSA) is 67.8 Å². The van der Waals surface area contributed by atoms with Crippen LogP contribution in [-0.4, -0.2) is 16.5 Å². The first-order valence-electron chi connectivity index (χ1n) is 4.17. The number of rotatable bonds is 3. The minimum absolute atomic E-state index is 0.607. The molecular formula is C9H11N3O. The van der Waals surface area contributed by atoms with Crippen LogP contribution in [0, 0.1) is 0 Å². The molecular weight excluding hydrogens is 166 g/mol. The van der Waals surface area contributed by atoms with Crippen LogP contribution >= 0.6 is 0 Å². The van der Waals surface area contributed by atoms with Crippen LogP contribution in [0.5, 0.6) is 0 Å². The van der Waals surface area contributed by atoms with E-state index in [1.807, 2.05) is 12.1 Å². The largest absolute Gasteiger partial charge is 0.459 e. The van der Waals surface area contributed by atoms with E-state index in [1.54, 1.807) is 12.5 Å². The number of aromatic amines is 1. The minimum atomic E-state index is 0.607. The monoisotopic (exact) mass is 177 g/mol. The second-order valence-electron chi connectivity index (χ2n) is 2.77. The Kier molecular flexibility index (Phi) is 2.14. The second-order valence-corrected chi connectivity index (χ2v) is 2.77.